The van der Waals surface area contributed by atoms with E-state index >= 15 is 0 Å². The van der Waals surface area contributed by atoms with Crippen LogP contribution >= 0.6 is 0 Å². The maximum Gasteiger partial charge on any atom is 0.307 e. The Labute approximate surface area is 118 Å². The third kappa shape index (κ3) is 3.71. The van der Waals surface area contributed by atoms with Crippen molar-refractivity contribution in [1.82, 2.24) is 0 Å². The van der Waals surface area contributed by atoms with Crippen LogP contribution in [-0.4, -0.2) is 36.2 Å². The highest BCUT2D eigenvalue weighted by Crippen LogP contribution is 2.25. The minimum atomic E-state index is -0.848. The fourth-order valence-electron chi connectivity index (χ4n) is 2.20. The van der Waals surface area contributed by atoms with Gasteiger partial charge in [0.1, 0.15) is 18.5 Å². The molecule has 1 heterocycles. The first kappa shape index (κ1) is 14.8. The molecule has 1 atom stereocenters. The molecule has 110 valence electrons. The van der Waals surface area contributed by atoms with E-state index in [9.17, 15) is 4.79 Å². The molecule has 0 aliphatic carbocycles. The fraction of sp³-hybridized carbons (Fsp3) is 0.533. The maximum absolute atomic E-state index is 10.8. The smallest absolute Gasteiger partial charge is 0.307 e. The largest absolute Gasteiger partial charge is 0.491 e. The Morgan fingerprint density at radius 2 is 2.25 bits per heavy atom. The Bertz CT molecular complexity index is 495. The third-order valence-electron chi connectivity index (χ3n) is 3.23. The molecule has 1 aliphatic heterocycles. The molecule has 0 amide bonds. The van der Waals surface area contributed by atoms with E-state index in [0.717, 1.165) is 11.1 Å². The molecule has 1 fully saturated rings. The number of hydrogen-bond donors (Lipinski definition) is 1. The van der Waals surface area contributed by atoms with Crippen molar-refractivity contribution in [3.8, 4) is 5.75 Å². The first-order valence-corrected chi connectivity index (χ1v) is 6.62. The first-order valence-electron chi connectivity index (χ1n) is 6.62. The molecule has 1 aromatic rings. The summed E-state index contributed by atoms with van der Waals surface area (Å²) in [5.74, 6) is -0.717. The molecule has 1 aliphatic rings. The highest BCUT2D eigenvalue weighted by molar-refractivity contribution is 5.71. The summed E-state index contributed by atoms with van der Waals surface area (Å²) in [4.78, 5) is 10.8. The van der Waals surface area contributed by atoms with Gasteiger partial charge in [-0.3, -0.25) is 4.79 Å². The number of rotatable bonds is 5. The van der Waals surface area contributed by atoms with Gasteiger partial charge in [-0.2, -0.15) is 0 Å². The Kier molecular flexibility index (Phi) is 4.30. The average molecular weight is 280 g/mol. The van der Waals surface area contributed by atoms with Crippen LogP contribution in [0.25, 0.3) is 0 Å². The predicted molar refractivity (Wildman–Crippen MR) is 72.9 cm³/mol. The standard InChI is InChI=1S/C15H20O5/c1-10-11(7-14(16)17)5-4-6-13(10)18-8-12-9-19-15(2,3)20-12/h4-6,12H,7-9H2,1-3H3,(H,16,17)/t12-/m1/s1. The highest BCUT2D eigenvalue weighted by atomic mass is 16.7. The summed E-state index contributed by atoms with van der Waals surface area (Å²) in [5.41, 5.74) is 1.62. The number of ether oxygens (including phenoxy) is 3. The van der Waals surface area contributed by atoms with Crippen LogP contribution in [0.3, 0.4) is 0 Å². The van der Waals surface area contributed by atoms with Crippen LogP contribution in [0, 0.1) is 6.92 Å². The van der Waals surface area contributed by atoms with E-state index < -0.39 is 11.8 Å². The maximum atomic E-state index is 10.8. The molecule has 1 N–H and O–H groups in total. The summed E-state index contributed by atoms with van der Waals surface area (Å²) < 4.78 is 16.9. The zero-order chi connectivity index (χ0) is 14.8. The van der Waals surface area contributed by atoms with Crippen molar-refractivity contribution in [2.45, 2.75) is 39.1 Å². The van der Waals surface area contributed by atoms with Crippen molar-refractivity contribution in [3.63, 3.8) is 0 Å². The summed E-state index contributed by atoms with van der Waals surface area (Å²) in [7, 11) is 0. The van der Waals surface area contributed by atoms with Gasteiger partial charge in [-0.05, 0) is 38.0 Å². The molecule has 0 saturated carbocycles. The predicted octanol–water partition coefficient (Wildman–Crippen LogP) is 2.15. The van der Waals surface area contributed by atoms with E-state index in [1.165, 1.54) is 0 Å². The van der Waals surface area contributed by atoms with E-state index in [0.29, 0.717) is 19.0 Å². The Morgan fingerprint density at radius 1 is 1.50 bits per heavy atom. The number of carboxylic acids is 1. The minimum Gasteiger partial charge on any atom is -0.491 e. The zero-order valence-corrected chi connectivity index (χ0v) is 12.0. The van der Waals surface area contributed by atoms with Gasteiger partial charge in [-0.25, -0.2) is 0 Å². The van der Waals surface area contributed by atoms with Crippen molar-refractivity contribution >= 4 is 5.97 Å². The molecule has 1 aromatic carbocycles. The molecular weight excluding hydrogens is 260 g/mol. The molecule has 0 aromatic heterocycles. The molecule has 0 bridgehead atoms. The van der Waals surface area contributed by atoms with Gasteiger partial charge >= 0.3 is 5.97 Å². The Hall–Kier alpha value is -1.59. The molecule has 2 rings (SSSR count). The van der Waals surface area contributed by atoms with E-state index in [-0.39, 0.29) is 12.5 Å². The van der Waals surface area contributed by atoms with Crippen LogP contribution in [0.2, 0.25) is 0 Å². The van der Waals surface area contributed by atoms with Crippen LogP contribution in [0.1, 0.15) is 25.0 Å². The van der Waals surface area contributed by atoms with Crippen molar-refractivity contribution < 1.29 is 24.1 Å². The summed E-state index contributed by atoms with van der Waals surface area (Å²) in [6, 6.07) is 5.44. The molecule has 0 unspecified atom stereocenters. The zero-order valence-electron chi connectivity index (χ0n) is 12.0. The number of hydrogen-bond acceptors (Lipinski definition) is 4. The van der Waals surface area contributed by atoms with Gasteiger partial charge in [-0.1, -0.05) is 12.1 Å². The number of carbonyl (C=O) groups is 1. The quantitative estimate of drug-likeness (QED) is 0.895. The van der Waals surface area contributed by atoms with Crippen molar-refractivity contribution in [1.29, 1.82) is 0 Å². The second-order valence-electron chi connectivity index (χ2n) is 5.37. The molecular formula is C15H20O5. The average Bonchev–Trinajstić information content (AvgIpc) is 2.70. The molecule has 1 saturated heterocycles. The fourth-order valence-corrected chi connectivity index (χ4v) is 2.20. The number of carboxylic acid groups (broad SMARTS) is 1. The van der Waals surface area contributed by atoms with Gasteiger partial charge in [0.2, 0.25) is 0 Å². The lowest BCUT2D eigenvalue weighted by molar-refractivity contribution is -0.141. The van der Waals surface area contributed by atoms with E-state index in [1.807, 2.05) is 26.8 Å². The second-order valence-corrected chi connectivity index (χ2v) is 5.37. The van der Waals surface area contributed by atoms with Gasteiger partial charge in [-0.15, -0.1) is 0 Å². The monoisotopic (exact) mass is 280 g/mol. The summed E-state index contributed by atoms with van der Waals surface area (Å²) in [5, 5.41) is 8.87. The minimum absolute atomic E-state index is 0.000889. The van der Waals surface area contributed by atoms with Gasteiger partial charge < -0.3 is 19.3 Å². The lowest BCUT2D eigenvalue weighted by atomic mass is 10.1. The summed E-state index contributed by atoms with van der Waals surface area (Å²) in [6.45, 7) is 6.49. The van der Waals surface area contributed by atoms with Gasteiger partial charge in [0.15, 0.2) is 5.79 Å². The van der Waals surface area contributed by atoms with Crippen LogP contribution in [0.5, 0.6) is 5.75 Å². The van der Waals surface area contributed by atoms with Gasteiger partial charge in [0, 0.05) is 0 Å². The van der Waals surface area contributed by atoms with Gasteiger partial charge in [0.05, 0.1) is 13.0 Å². The van der Waals surface area contributed by atoms with E-state index in [2.05, 4.69) is 0 Å². The van der Waals surface area contributed by atoms with Crippen LogP contribution in [0.15, 0.2) is 18.2 Å². The summed E-state index contributed by atoms with van der Waals surface area (Å²) >= 11 is 0. The molecule has 5 nitrogen and oxygen atoms in total. The van der Waals surface area contributed by atoms with Gasteiger partial charge in [0.25, 0.3) is 0 Å². The third-order valence-corrected chi connectivity index (χ3v) is 3.23. The SMILES string of the molecule is Cc1c(CC(=O)O)cccc1OC[C@@H]1COC(C)(C)O1. The topological polar surface area (TPSA) is 65.0 Å². The van der Waals surface area contributed by atoms with E-state index in [1.54, 1.807) is 12.1 Å². The molecule has 0 spiro atoms. The molecule has 5 heteroatoms. The first-order chi connectivity index (χ1) is 9.37. The van der Waals surface area contributed by atoms with E-state index in [4.69, 9.17) is 19.3 Å². The van der Waals surface area contributed by atoms with Crippen molar-refractivity contribution in [3.05, 3.63) is 29.3 Å². The number of aliphatic carboxylic acids is 1. The second kappa shape index (κ2) is 5.81. The van der Waals surface area contributed by atoms with Crippen molar-refractivity contribution in [2.24, 2.45) is 0 Å². The van der Waals surface area contributed by atoms with Crippen LogP contribution < -0.4 is 4.74 Å². The Balaban J connectivity index is 1.98. The van der Waals surface area contributed by atoms with Crippen LogP contribution in [-0.2, 0) is 20.7 Å². The van der Waals surface area contributed by atoms with Crippen LogP contribution in [0.4, 0.5) is 0 Å². The molecule has 0 radical (unpaired) electrons. The number of benzene rings is 1. The lowest BCUT2D eigenvalue weighted by Crippen LogP contribution is -2.25. The highest BCUT2D eigenvalue weighted by Gasteiger charge is 2.33. The summed E-state index contributed by atoms with van der Waals surface area (Å²) in [6.07, 6.45) is -0.105. The van der Waals surface area contributed by atoms with Crippen molar-refractivity contribution in [2.75, 3.05) is 13.2 Å². The lowest BCUT2D eigenvalue weighted by Gasteiger charge is -2.18. The normalized spacial score (nSPS) is 20.9. The molecule has 20 heavy (non-hydrogen) atoms. The Morgan fingerprint density at radius 3 is 2.85 bits per heavy atom.